The van der Waals surface area contributed by atoms with Crippen LogP contribution in [0.25, 0.3) is 0 Å². The van der Waals surface area contributed by atoms with Crippen LogP contribution in [0.1, 0.15) is 70.3 Å². The van der Waals surface area contributed by atoms with Crippen molar-refractivity contribution in [3.8, 4) is 0 Å². The second kappa shape index (κ2) is 5.28. The normalized spacial score (nSPS) is 51.7. The number of piperidine rings is 1. The van der Waals surface area contributed by atoms with E-state index in [0.717, 1.165) is 25.2 Å². The first kappa shape index (κ1) is 17.3. The zero-order valence-corrected chi connectivity index (χ0v) is 17.8. The highest BCUT2D eigenvalue weighted by atomic mass is 16.2. The molecule has 0 aromatic heterocycles. The Labute approximate surface area is 174 Å². The van der Waals surface area contributed by atoms with E-state index >= 15 is 0 Å². The number of hydrogen-bond donors (Lipinski definition) is 1. The fourth-order valence-corrected chi connectivity index (χ4v) is 10.2. The van der Waals surface area contributed by atoms with E-state index in [9.17, 15) is 4.79 Å². The summed E-state index contributed by atoms with van der Waals surface area (Å²) in [5.74, 6) is 1.20. The maximum atomic E-state index is 13.9. The van der Waals surface area contributed by atoms with Gasteiger partial charge in [-0.2, -0.15) is 0 Å². The first-order valence-corrected chi connectivity index (χ1v) is 12.1. The third-order valence-corrected chi connectivity index (χ3v) is 10.9. The third kappa shape index (κ3) is 1.81. The molecule has 2 aliphatic heterocycles. The van der Waals surface area contributed by atoms with E-state index in [1.54, 1.807) is 0 Å². The molecule has 2 saturated heterocycles. The topological polar surface area (TPSA) is 32.3 Å². The van der Waals surface area contributed by atoms with Crippen LogP contribution < -0.4 is 5.32 Å². The molecule has 0 radical (unpaired) electrons. The number of amides is 1. The zero-order valence-electron chi connectivity index (χ0n) is 17.8. The molecular weight excluding hydrogens is 356 g/mol. The molecule has 154 valence electrons. The van der Waals surface area contributed by atoms with Crippen LogP contribution in [0.15, 0.2) is 30.3 Å². The second-order valence-corrected chi connectivity index (χ2v) is 11.9. The second-order valence-electron chi connectivity index (χ2n) is 11.9. The maximum Gasteiger partial charge on any atom is 0.226 e. The Morgan fingerprint density at radius 3 is 2.62 bits per heavy atom. The molecule has 1 aromatic carbocycles. The lowest BCUT2D eigenvalue weighted by atomic mass is 9.24. The lowest BCUT2D eigenvalue weighted by molar-refractivity contribution is -0.270. The fourth-order valence-electron chi connectivity index (χ4n) is 10.2. The predicted molar refractivity (Wildman–Crippen MR) is 113 cm³/mol. The van der Waals surface area contributed by atoms with Crippen molar-refractivity contribution < 1.29 is 4.79 Å². The molecule has 6 fully saturated rings. The number of carbonyl (C=O) groups is 1. The Kier molecular flexibility index (Phi) is 3.15. The Hall–Kier alpha value is -1.35. The number of nitrogens with one attached hydrogen (secondary N) is 1. The van der Waals surface area contributed by atoms with Crippen LogP contribution in [0.4, 0.5) is 0 Å². The summed E-state index contributed by atoms with van der Waals surface area (Å²) in [6.45, 7) is 5.01. The number of nitrogens with zero attached hydrogens (tertiary/aromatic N) is 1. The average Bonchev–Trinajstić information content (AvgIpc) is 3.38. The molecule has 4 aliphatic carbocycles. The molecule has 1 spiro atoms. The van der Waals surface area contributed by atoms with Gasteiger partial charge in [-0.1, -0.05) is 37.3 Å². The molecule has 3 heteroatoms. The molecule has 2 heterocycles. The van der Waals surface area contributed by atoms with Gasteiger partial charge >= 0.3 is 0 Å². The van der Waals surface area contributed by atoms with E-state index in [2.05, 4.69) is 47.5 Å². The minimum Gasteiger partial charge on any atom is -0.351 e. The molecule has 3 unspecified atom stereocenters. The van der Waals surface area contributed by atoms with E-state index in [4.69, 9.17) is 0 Å². The molecule has 1 N–H and O–H groups in total. The number of rotatable bonds is 3. The molecule has 4 saturated carbocycles. The summed E-state index contributed by atoms with van der Waals surface area (Å²) in [7, 11) is 0. The van der Waals surface area contributed by atoms with Crippen molar-refractivity contribution >= 4 is 5.91 Å². The molecule has 7 rings (SSSR count). The first-order chi connectivity index (χ1) is 14.0. The standard InChI is InChI=1S/C26H34N2O/c1-23-13-19-14-24(22(29)27-20-9-5-11-28-12-6-10-21(20)28)16-25(15-23,26(19,23)17-24)18-7-3-2-4-8-18/h2-4,7-8,19-21H,5-6,9-17H2,1H3,(H,27,29)/t19?,20-,21-,23-,24?,25+,26?/m1/s1. The van der Waals surface area contributed by atoms with Gasteiger partial charge in [-0.05, 0) is 93.2 Å². The number of fused-ring (bicyclic) bond motifs is 2. The van der Waals surface area contributed by atoms with Crippen molar-refractivity contribution in [1.82, 2.24) is 10.2 Å². The van der Waals surface area contributed by atoms with Crippen molar-refractivity contribution in [2.45, 2.75) is 82.2 Å². The van der Waals surface area contributed by atoms with E-state index in [1.165, 1.54) is 57.2 Å². The molecular formula is C26H34N2O. The van der Waals surface area contributed by atoms with Gasteiger partial charge in [0.25, 0.3) is 0 Å². The highest BCUT2D eigenvalue weighted by molar-refractivity contribution is 5.85. The van der Waals surface area contributed by atoms with Crippen LogP contribution in [0.5, 0.6) is 0 Å². The van der Waals surface area contributed by atoms with Crippen LogP contribution in [0, 0.1) is 22.2 Å². The van der Waals surface area contributed by atoms with Gasteiger partial charge in [0.1, 0.15) is 0 Å². The van der Waals surface area contributed by atoms with Crippen molar-refractivity contribution in [3.05, 3.63) is 35.9 Å². The molecule has 1 aromatic rings. The Balaban J connectivity index is 1.21. The quantitative estimate of drug-likeness (QED) is 0.836. The van der Waals surface area contributed by atoms with Crippen LogP contribution in [0.3, 0.4) is 0 Å². The van der Waals surface area contributed by atoms with Crippen molar-refractivity contribution in [2.24, 2.45) is 22.2 Å². The Morgan fingerprint density at radius 2 is 1.83 bits per heavy atom. The van der Waals surface area contributed by atoms with E-state index < -0.39 is 0 Å². The summed E-state index contributed by atoms with van der Waals surface area (Å²) < 4.78 is 0. The monoisotopic (exact) mass is 390 g/mol. The zero-order chi connectivity index (χ0) is 19.5. The van der Waals surface area contributed by atoms with Gasteiger partial charge in [0.15, 0.2) is 0 Å². The lowest BCUT2D eigenvalue weighted by Gasteiger charge is -2.79. The van der Waals surface area contributed by atoms with Crippen LogP contribution in [0.2, 0.25) is 0 Å². The van der Waals surface area contributed by atoms with Gasteiger partial charge in [-0.3, -0.25) is 9.69 Å². The van der Waals surface area contributed by atoms with Gasteiger partial charge in [-0.25, -0.2) is 0 Å². The van der Waals surface area contributed by atoms with Crippen LogP contribution in [-0.2, 0) is 10.2 Å². The summed E-state index contributed by atoms with van der Waals surface area (Å²) in [5, 5.41) is 3.66. The molecule has 6 aliphatic rings. The van der Waals surface area contributed by atoms with Gasteiger partial charge in [0.2, 0.25) is 5.91 Å². The van der Waals surface area contributed by atoms with E-state index in [1.807, 2.05) is 0 Å². The minimum absolute atomic E-state index is 0.102. The van der Waals surface area contributed by atoms with Crippen LogP contribution in [-0.4, -0.2) is 36.0 Å². The fraction of sp³-hybridized carbons (Fsp3) is 0.731. The minimum atomic E-state index is -0.102. The highest BCUT2D eigenvalue weighted by Crippen LogP contribution is 2.93. The van der Waals surface area contributed by atoms with Gasteiger partial charge in [-0.15, -0.1) is 0 Å². The largest absolute Gasteiger partial charge is 0.351 e. The predicted octanol–water partition coefficient (Wildman–Crippen LogP) is 4.27. The molecule has 1 amide bonds. The van der Waals surface area contributed by atoms with Crippen molar-refractivity contribution in [3.63, 3.8) is 0 Å². The SMILES string of the molecule is C[C@]12CC3CC4(C(=O)N[C@@H]5CCCN6CCC[C@H]56)CC31[C@](c1ccccc1)(C4)C2. The van der Waals surface area contributed by atoms with E-state index in [0.29, 0.717) is 28.8 Å². The smallest absolute Gasteiger partial charge is 0.226 e. The van der Waals surface area contributed by atoms with Gasteiger partial charge in [0.05, 0.1) is 5.41 Å². The first-order valence-electron chi connectivity index (χ1n) is 12.1. The lowest BCUT2D eigenvalue weighted by Crippen LogP contribution is -2.75. The number of benzene rings is 1. The Bertz CT molecular complexity index is 884. The summed E-state index contributed by atoms with van der Waals surface area (Å²) in [6.07, 6.45) is 11.1. The van der Waals surface area contributed by atoms with Gasteiger partial charge < -0.3 is 5.32 Å². The number of carbonyl (C=O) groups excluding carboxylic acids is 1. The molecule has 3 nitrogen and oxygen atoms in total. The summed E-state index contributed by atoms with van der Waals surface area (Å²) in [6, 6.07) is 12.3. The van der Waals surface area contributed by atoms with Gasteiger partial charge in [0, 0.05) is 17.5 Å². The molecule has 2 bridgehead atoms. The molecule has 7 atom stereocenters. The summed E-state index contributed by atoms with van der Waals surface area (Å²) in [4.78, 5) is 16.6. The average molecular weight is 391 g/mol. The molecule has 29 heavy (non-hydrogen) atoms. The third-order valence-electron chi connectivity index (χ3n) is 10.9. The summed E-state index contributed by atoms with van der Waals surface area (Å²) in [5.41, 5.74) is 2.59. The Morgan fingerprint density at radius 1 is 1.03 bits per heavy atom. The summed E-state index contributed by atoms with van der Waals surface area (Å²) >= 11 is 0. The van der Waals surface area contributed by atoms with Crippen molar-refractivity contribution in [1.29, 1.82) is 0 Å². The van der Waals surface area contributed by atoms with Crippen LogP contribution >= 0.6 is 0 Å². The maximum absolute atomic E-state index is 13.9. The number of hydrogen-bond acceptors (Lipinski definition) is 2. The van der Waals surface area contributed by atoms with Crippen molar-refractivity contribution in [2.75, 3.05) is 13.1 Å². The van der Waals surface area contributed by atoms with E-state index in [-0.39, 0.29) is 10.8 Å². The highest BCUT2D eigenvalue weighted by Gasteiger charge is 2.89.